The van der Waals surface area contributed by atoms with Crippen molar-refractivity contribution in [1.29, 1.82) is 0 Å². The molecule has 0 saturated heterocycles. The number of rotatable bonds is 8. The first-order valence-corrected chi connectivity index (χ1v) is 47.5. The van der Waals surface area contributed by atoms with Gasteiger partial charge in [0.15, 0.2) is 0 Å². The van der Waals surface area contributed by atoms with Crippen molar-refractivity contribution in [3.8, 4) is 79.3 Å². The molecule has 0 atom stereocenters. The molecule has 14 heteroatoms. The number of fused-ring (bicyclic) bond motifs is 30. The van der Waals surface area contributed by atoms with Crippen LogP contribution >= 0.6 is 22.7 Å². The molecule has 30 rings (SSSR count). The van der Waals surface area contributed by atoms with Gasteiger partial charge in [-0.1, -0.05) is 309 Å². The number of thiophene rings is 2. The lowest BCUT2D eigenvalue weighted by Gasteiger charge is -2.13. The summed E-state index contributed by atoms with van der Waals surface area (Å²) in [5.41, 5.74) is 23.1. The second kappa shape index (κ2) is 31.4. The van der Waals surface area contributed by atoms with Crippen LogP contribution in [-0.4, -0.2) is 54.0 Å². The van der Waals surface area contributed by atoms with Gasteiger partial charge in [0.25, 0.3) is 0 Å². The van der Waals surface area contributed by atoms with E-state index in [4.69, 9.17) is 39.3 Å². The number of hydrogen-bond acceptors (Lipinski definition) is 12. The Hall–Kier alpha value is -18.0. The highest BCUT2D eigenvalue weighted by atomic mass is 32.1. The Kier molecular flexibility index (Phi) is 17.8. The third-order valence-electron chi connectivity index (χ3n) is 27.2. The van der Waals surface area contributed by atoms with Crippen molar-refractivity contribution in [3.63, 3.8) is 0 Å². The molecule has 12 heterocycles. The third kappa shape index (κ3) is 12.5. The zero-order valence-corrected chi connectivity index (χ0v) is 74.8. The number of furan rings is 1. The van der Waals surface area contributed by atoms with E-state index >= 15 is 0 Å². The highest BCUT2D eigenvalue weighted by molar-refractivity contribution is 7.26. The van der Waals surface area contributed by atoms with Crippen molar-refractivity contribution >= 4 is 226 Å². The van der Waals surface area contributed by atoms with Crippen LogP contribution in [0.5, 0.6) is 0 Å². The first-order valence-electron chi connectivity index (χ1n) is 45.8. The average molecular weight is 1780 g/mol. The second-order valence-electron chi connectivity index (χ2n) is 34.9. The van der Waals surface area contributed by atoms with Crippen molar-refractivity contribution in [3.05, 3.63) is 431 Å². The first-order chi connectivity index (χ1) is 67.9. The summed E-state index contributed by atoms with van der Waals surface area (Å²) in [5, 5.41) is 26.5. The predicted octanol–water partition coefficient (Wildman–Crippen LogP) is 32.8. The highest BCUT2D eigenvalue weighted by Gasteiger charge is 2.26. The Morgan fingerprint density at radius 1 is 0.204 bits per heavy atom. The van der Waals surface area contributed by atoms with Crippen LogP contribution in [0.4, 0.5) is 0 Å². The van der Waals surface area contributed by atoms with Gasteiger partial charge in [0.2, 0.25) is 11.9 Å². The standard InChI is InChI=1S/2C44H25N5S.C35H21NO/c1-2-10-26(11-3-1)41-32-14-6-8-16-35(32)46-44(48-41)49-36-20-18-27(24-34(36)29-22-23-45-25-37(29)49)42-30-13-5-4-12-28(30)31-19-21-39-40(43(31)47-42)33-15-7-9-17-38(33)50-39;1-2-10-26(11-3-1)41-31-14-6-8-16-35(31)46-44(48-41)49-36-20-18-27(24-33(36)34-25-45-23-22-37(34)49)42-29-13-5-4-12-28(29)30-19-21-39-40(43(30)47-42)32-15-7-9-17-38(32)50-39;1-2-13-25-22(9-1)10-8-17-26(25)23-11-7-12-24(21-23)34-28-15-4-3-14-27(28)29-19-20-32-33(35(29)36-34)30-16-5-6-18-31(30)37-32/h2*1-25H;1-21H. The van der Waals surface area contributed by atoms with Gasteiger partial charge in [-0.3, -0.25) is 19.1 Å². The summed E-state index contributed by atoms with van der Waals surface area (Å²) < 4.78 is 15.6. The fourth-order valence-electron chi connectivity index (χ4n) is 21.1. The normalized spacial score (nSPS) is 11.9. The smallest absolute Gasteiger partial charge is 0.235 e. The zero-order chi connectivity index (χ0) is 89.9. The van der Waals surface area contributed by atoms with Crippen LogP contribution in [-0.2, 0) is 0 Å². The SMILES string of the molecule is c1cc(-c2cccc3ccccc23)cc(-c2nc3c(ccc4oc5ccccc5c43)c3ccccc23)c1.c1ccc(-c2nc(-n3c4ccc(-c5nc6c(ccc7sc8ccccc8c76)c6ccccc56)cc4c4ccncc43)nc3ccccc23)cc1.c1ccc(-c2nc(-n3c4ccncc4c4cc(-c5nc6c(ccc7sc8ccccc8c76)c6ccccc56)ccc43)nc3ccccc23)cc1. The molecule has 0 bridgehead atoms. The van der Waals surface area contributed by atoms with Crippen molar-refractivity contribution in [2.75, 3.05) is 0 Å². The lowest BCUT2D eigenvalue weighted by atomic mass is 9.94. The van der Waals surface area contributed by atoms with E-state index in [1.54, 1.807) is 0 Å². The van der Waals surface area contributed by atoms with Gasteiger partial charge in [0, 0.05) is 157 Å². The Labute approximate surface area is 789 Å². The van der Waals surface area contributed by atoms with E-state index in [-0.39, 0.29) is 0 Å². The van der Waals surface area contributed by atoms with Crippen LogP contribution in [0.1, 0.15) is 0 Å². The number of benzene rings is 18. The molecule has 0 radical (unpaired) electrons. The topological polar surface area (TPSA) is 139 Å². The molecule has 30 aromatic rings. The molecule has 0 aliphatic heterocycles. The minimum Gasteiger partial charge on any atom is -0.456 e. The summed E-state index contributed by atoms with van der Waals surface area (Å²) in [5.74, 6) is 1.24. The van der Waals surface area contributed by atoms with E-state index < -0.39 is 0 Å². The monoisotopic (exact) mass is 1780 g/mol. The maximum absolute atomic E-state index is 6.20. The summed E-state index contributed by atoms with van der Waals surface area (Å²) in [4.78, 5) is 46.2. The summed E-state index contributed by atoms with van der Waals surface area (Å²) >= 11 is 3.65. The van der Waals surface area contributed by atoms with Gasteiger partial charge in [-0.15, -0.1) is 22.7 Å². The third-order valence-corrected chi connectivity index (χ3v) is 29.5. The Morgan fingerprint density at radius 2 is 0.613 bits per heavy atom. The van der Waals surface area contributed by atoms with Gasteiger partial charge in [0.05, 0.1) is 89.7 Å². The average Bonchev–Trinajstić information content (AvgIpc) is 1.62. The van der Waals surface area contributed by atoms with Crippen molar-refractivity contribution in [2.45, 2.75) is 0 Å². The van der Waals surface area contributed by atoms with Crippen molar-refractivity contribution < 1.29 is 4.42 Å². The van der Waals surface area contributed by atoms with Crippen LogP contribution in [0.15, 0.2) is 436 Å². The molecular formula is C123H71N11OS2. The summed E-state index contributed by atoms with van der Waals surface area (Å²) in [6, 6.07) is 143. The van der Waals surface area contributed by atoms with Crippen molar-refractivity contribution in [2.24, 2.45) is 0 Å². The molecule has 12 nitrogen and oxygen atoms in total. The Bertz CT molecular complexity index is 9880. The predicted molar refractivity (Wildman–Crippen MR) is 571 cm³/mol. The van der Waals surface area contributed by atoms with Crippen LogP contribution < -0.4 is 0 Å². The maximum Gasteiger partial charge on any atom is 0.235 e. The molecule has 0 spiro atoms. The molecule has 0 fully saturated rings. The molecule has 12 aromatic heterocycles. The van der Waals surface area contributed by atoms with Crippen LogP contribution in [0.2, 0.25) is 0 Å². The molecule has 0 amide bonds. The van der Waals surface area contributed by atoms with Gasteiger partial charge in [-0.05, 0) is 135 Å². The van der Waals surface area contributed by atoms with Crippen LogP contribution in [0, 0.1) is 0 Å². The van der Waals surface area contributed by atoms with Crippen LogP contribution in [0.25, 0.3) is 283 Å². The number of aromatic nitrogens is 11. The summed E-state index contributed by atoms with van der Waals surface area (Å²) in [6.07, 6.45) is 7.56. The zero-order valence-electron chi connectivity index (χ0n) is 73.1. The van der Waals surface area contributed by atoms with Crippen LogP contribution in [0.3, 0.4) is 0 Å². The van der Waals surface area contributed by atoms with E-state index in [2.05, 4.69) is 365 Å². The molecule has 0 unspecified atom stereocenters. The molecule has 0 aliphatic rings. The van der Waals surface area contributed by atoms with E-state index in [0.29, 0.717) is 11.9 Å². The van der Waals surface area contributed by atoms with Gasteiger partial charge in [-0.2, -0.15) is 0 Å². The van der Waals surface area contributed by atoms with Gasteiger partial charge >= 0.3 is 0 Å². The summed E-state index contributed by atoms with van der Waals surface area (Å²) in [6.45, 7) is 0. The quantitative estimate of drug-likeness (QED) is 0.135. The molecule has 0 aliphatic carbocycles. The molecule has 137 heavy (non-hydrogen) atoms. The first kappa shape index (κ1) is 77.8. The van der Waals surface area contributed by atoms with E-state index in [1.807, 2.05) is 108 Å². The van der Waals surface area contributed by atoms with Gasteiger partial charge < -0.3 is 4.42 Å². The lowest BCUT2D eigenvalue weighted by molar-refractivity contribution is 0.669. The lowest BCUT2D eigenvalue weighted by Crippen LogP contribution is -2.03. The van der Waals surface area contributed by atoms with Crippen molar-refractivity contribution in [1.82, 2.24) is 54.0 Å². The minimum absolute atomic E-state index is 0.615. The number of pyridine rings is 5. The molecular weight excluding hydrogens is 1710 g/mol. The number of nitrogens with zero attached hydrogens (tertiary/aromatic N) is 11. The fraction of sp³-hybridized carbons (Fsp3) is 0. The summed E-state index contributed by atoms with van der Waals surface area (Å²) in [7, 11) is 0. The molecule has 636 valence electrons. The largest absolute Gasteiger partial charge is 0.456 e. The van der Waals surface area contributed by atoms with Gasteiger partial charge in [-0.25, -0.2) is 34.9 Å². The van der Waals surface area contributed by atoms with E-state index in [1.165, 1.54) is 89.2 Å². The fourth-order valence-corrected chi connectivity index (χ4v) is 23.3. The Morgan fingerprint density at radius 3 is 1.19 bits per heavy atom. The molecule has 0 saturated carbocycles. The highest BCUT2D eigenvalue weighted by Crippen LogP contribution is 2.49. The molecule has 18 aromatic carbocycles. The molecule has 0 N–H and O–H groups in total. The number of hydrogen-bond donors (Lipinski definition) is 0. The van der Waals surface area contributed by atoms with Gasteiger partial charge in [0.1, 0.15) is 11.2 Å². The maximum atomic E-state index is 6.20. The van der Waals surface area contributed by atoms with E-state index in [0.717, 1.165) is 182 Å². The Balaban J connectivity index is 0.000000103. The second-order valence-corrected chi connectivity index (χ2v) is 37.0. The minimum atomic E-state index is 0.615. The number of para-hydroxylation sites is 3. The van der Waals surface area contributed by atoms with E-state index in [9.17, 15) is 0 Å².